The van der Waals surface area contributed by atoms with Crippen LogP contribution >= 0.6 is 0 Å². The van der Waals surface area contributed by atoms with Gasteiger partial charge in [0.25, 0.3) is 15.9 Å². The van der Waals surface area contributed by atoms with E-state index >= 15 is 0 Å². The van der Waals surface area contributed by atoms with Gasteiger partial charge in [0.1, 0.15) is 10.6 Å². The molecule has 0 radical (unpaired) electrons. The summed E-state index contributed by atoms with van der Waals surface area (Å²) in [4.78, 5) is 12.5. The largest absolute Gasteiger partial charge is 0.351 e. The summed E-state index contributed by atoms with van der Waals surface area (Å²) in [5, 5.41) is 2.85. The molecule has 1 aromatic heterocycles. The van der Waals surface area contributed by atoms with E-state index in [0.29, 0.717) is 31.1 Å². The van der Waals surface area contributed by atoms with Crippen molar-refractivity contribution in [1.82, 2.24) is 9.88 Å². The Labute approximate surface area is 154 Å². The van der Waals surface area contributed by atoms with Crippen LogP contribution in [0.1, 0.15) is 36.3 Å². The number of carbonyl (C=O) groups excluding carboxylic acids is 1. The number of para-hydroxylation sites is 1. The second-order valence-corrected chi connectivity index (χ2v) is 8.93. The molecule has 0 atom stereocenters. The first-order valence-corrected chi connectivity index (χ1v) is 10.3. The fraction of sp³-hybridized carbons (Fsp3) is 0.421. The van der Waals surface area contributed by atoms with Gasteiger partial charge in [0, 0.05) is 26.3 Å². The van der Waals surface area contributed by atoms with Crippen LogP contribution < -0.4 is 9.62 Å². The van der Waals surface area contributed by atoms with Gasteiger partial charge in [-0.15, -0.1) is 0 Å². The Kier molecular flexibility index (Phi) is 5.09. The number of benzene rings is 1. The first-order valence-electron chi connectivity index (χ1n) is 8.86. The lowest BCUT2D eigenvalue weighted by Crippen LogP contribution is -2.29. The summed E-state index contributed by atoms with van der Waals surface area (Å²) in [7, 11) is -2.00. The van der Waals surface area contributed by atoms with Crippen LogP contribution in [0.3, 0.4) is 0 Å². The molecule has 26 heavy (non-hydrogen) atoms. The number of amides is 1. The standard InChI is InChI=1S/C19H25N3O3S/c1-14(2)8-10-20-19(23)18-12-16(13-21(18)3)26(24,25)22-11-9-15-6-4-5-7-17(15)22/h4-7,12-14H,8-11H2,1-3H3,(H,20,23). The van der Waals surface area contributed by atoms with Crippen LogP contribution in [0.5, 0.6) is 0 Å². The van der Waals surface area contributed by atoms with E-state index in [1.165, 1.54) is 16.6 Å². The van der Waals surface area contributed by atoms with Crippen LogP contribution in [-0.4, -0.2) is 32.0 Å². The lowest BCUT2D eigenvalue weighted by atomic mass is 10.1. The van der Waals surface area contributed by atoms with Crippen molar-refractivity contribution in [3.05, 3.63) is 47.8 Å². The number of aromatic nitrogens is 1. The minimum Gasteiger partial charge on any atom is -0.351 e. The molecule has 3 rings (SSSR count). The Morgan fingerprint density at radius 1 is 1.27 bits per heavy atom. The number of nitrogens with one attached hydrogen (secondary N) is 1. The SMILES string of the molecule is CC(C)CCNC(=O)c1cc(S(=O)(=O)N2CCc3ccccc32)cn1C. The van der Waals surface area contributed by atoms with Gasteiger partial charge in [-0.2, -0.15) is 0 Å². The lowest BCUT2D eigenvalue weighted by molar-refractivity contribution is 0.0944. The predicted molar refractivity (Wildman–Crippen MR) is 102 cm³/mol. The Hall–Kier alpha value is -2.28. The van der Waals surface area contributed by atoms with Gasteiger partial charge in [-0.25, -0.2) is 8.42 Å². The molecule has 2 heterocycles. The summed E-state index contributed by atoms with van der Waals surface area (Å²) >= 11 is 0. The van der Waals surface area contributed by atoms with Gasteiger partial charge < -0.3 is 9.88 Å². The van der Waals surface area contributed by atoms with Gasteiger partial charge >= 0.3 is 0 Å². The van der Waals surface area contributed by atoms with Gasteiger partial charge in [0.05, 0.1) is 5.69 Å². The zero-order chi connectivity index (χ0) is 18.9. The van der Waals surface area contributed by atoms with Gasteiger partial charge in [0.2, 0.25) is 0 Å². The van der Waals surface area contributed by atoms with Crippen molar-refractivity contribution in [2.24, 2.45) is 13.0 Å². The highest BCUT2D eigenvalue weighted by Gasteiger charge is 2.32. The van der Waals surface area contributed by atoms with Crippen LogP contribution in [0.25, 0.3) is 0 Å². The number of fused-ring (bicyclic) bond motifs is 1. The molecule has 1 aliphatic heterocycles. The minimum absolute atomic E-state index is 0.144. The number of hydrogen-bond acceptors (Lipinski definition) is 3. The number of carbonyl (C=O) groups is 1. The molecule has 0 fully saturated rings. The zero-order valence-electron chi connectivity index (χ0n) is 15.4. The number of nitrogens with zero attached hydrogens (tertiary/aromatic N) is 2. The number of sulfonamides is 1. The normalized spacial score (nSPS) is 13.9. The third-order valence-corrected chi connectivity index (χ3v) is 6.43. The molecule has 2 aromatic rings. The number of aryl methyl sites for hydroxylation is 1. The number of anilines is 1. The lowest BCUT2D eigenvalue weighted by Gasteiger charge is -2.18. The highest BCUT2D eigenvalue weighted by Crippen LogP contribution is 2.33. The molecule has 1 amide bonds. The van der Waals surface area contributed by atoms with E-state index in [4.69, 9.17) is 0 Å². The van der Waals surface area contributed by atoms with Gasteiger partial charge in [-0.1, -0.05) is 32.0 Å². The molecule has 1 aromatic carbocycles. The maximum Gasteiger partial charge on any atom is 0.267 e. The highest BCUT2D eigenvalue weighted by atomic mass is 32.2. The van der Waals surface area contributed by atoms with E-state index in [-0.39, 0.29) is 10.8 Å². The molecular formula is C19H25N3O3S. The Morgan fingerprint density at radius 2 is 2.00 bits per heavy atom. The summed E-state index contributed by atoms with van der Waals surface area (Å²) in [6.45, 7) is 5.18. The quantitative estimate of drug-likeness (QED) is 0.843. The van der Waals surface area contributed by atoms with E-state index in [9.17, 15) is 13.2 Å². The van der Waals surface area contributed by atoms with Crippen LogP contribution in [0.15, 0.2) is 41.4 Å². The molecular weight excluding hydrogens is 350 g/mol. The molecule has 0 aliphatic carbocycles. The van der Waals surface area contributed by atoms with E-state index in [1.807, 2.05) is 24.3 Å². The molecule has 6 nitrogen and oxygen atoms in total. The molecule has 140 valence electrons. The molecule has 7 heteroatoms. The average molecular weight is 375 g/mol. The van der Waals surface area contributed by atoms with E-state index in [2.05, 4.69) is 19.2 Å². The minimum atomic E-state index is -3.69. The number of hydrogen-bond donors (Lipinski definition) is 1. The van der Waals surface area contributed by atoms with Crippen LogP contribution in [0.2, 0.25) is 0 Å². The van der Waals surface area contributed by atoms with Gasteiger partial charge in [0.15, 0.2) is 0 Å². The van der Waals surface area contributed by atoms with Crippen molar-refractivity contribution in [3.8, 4) is 0 Å². The fourth-order valence-electron chi connectivity index (χ4n) is 3.15. The maximum atomic E-state index is 13.1. The zero-order valence-corrected chi connectivity index (χ0v) is 16.2. The molecule has 0 unspecified atom stereocenters. The molecule has 1 N–H and O–H groups in total. The van der Waals surface area contributed by atoms with Crippen molar-refractivity contribution in [1.29, 1.82) is 0 Å². The summed E-state index contributed by atoms with van der Waals surface area (Å²) in [6.07, 6.45) is 3.09. The first kappa shape index (κ1) is 18.5. The second-order valence-electron chi connectivity index (χ2n) is 7.07. The van der Waals surface area contributed by atoms with Gasteiger partial charge in [-0.05, 0) is 36.5 Å². The fourth-order valence-corrected chi connectivity index (χ4v) is 4.73. The van der Waals surface area contributed by atoms with Crippen LogP contribution in [0.4, 0.5) is 5.69 Å². The molecule has 0 spiro atoms. The monoisotopic (exact) mass is 375 g/mol. The molecule has 0 saturated carbocycles. The smallest absolute Gasteiger partial charge is 0.267 e. The predicted octanol–water partition coefficient (Wildman–Crippen LogP) is 2.55. The highest BCUT2D eigenvalue weighted by molar-refractivity contribution is 7.92. The van der Waals surface area contributed by atoms with Gasteiger partial charge in [-0.3, -0.25) is 9.10 Å². The Bertz CT molecular complexity index is 916. The van der Waals surface area contributed by atoms with Crippen molar-refractivity contribution < 1.29 is 13.2 Å². The van der Waals surface area contributed by atoms with Crippen LogP contribution in [0, 0.1) is 5.92 Å². The molecule has 1 aliphatic rings. The molecule has 0 saturated heterocycles. The topological polar surface area (TPSA) is 71.4 Å². The third-order valence-electron chi connectivity index (χ3n) is 4.65. The average Bonchev–Trinajstić information content (AvgIpc) is 3.18. The summed E-state index contributed by atoms with van der Waals surface area (Å²) in [6, 6.07) is 8.98. The number of rotatable bonds is 6. The second kappa shape index (κ2) is 7.15. The Balaban J connectivity index is 1.83. The summed E-state index contributed by atoms with van der Waals surface area (Å²) in [5.41, 5.74) is 2.10. The first-order chi connectivity index (χ1) is 12.3. The van der Waals surface area contributed by atoms with Crippen molar-refractivity contribution >= 4 is 21.6 Å². The van der Waals surface area contributed by atoms with Crippen molar-refractivity contribution in [3.63, 3.8) is 0 Å². The maximum absolute atomic E-state index is 13.1. The van der Waals surface area contributed by atoms with Crippen LogP contribution in [-0.2, 0) is 23.5 Å². The van der Waals surface area contributed by atoms with E-state index in [0.717, 1.165) is 17.7 Å². The third kappa shape index (κ3) is 3.49. The van der Waals surface area contributed by atoms with E-state index in [1.54, 1.807) is 11.6 Å². The van der Waals surface area contributed by atoms with E-state index < -0.39 is 10.0 Å². The Morgan fingerprint density at radius 3 is 2.73 bits per heavy atom. The summed E-state index contributed by atoms with van der Waals surface area (Å²) in [5.74, 6) is 0.242. The molecule has 0 bridgehead atoms. The summed E-state index contributed by atoms with van der Waals surface area (Å²) < 4.78 is 29.1. The van der Waals surface area contributed by atoms with Crippen molar-refractivity contribution in [2.75, 3.05) is 17.4 Å². The van der Waals surface area contributed by atoms with Crippen molar-refractivity contribution in [2.45, 2.75) is 31.6 Å².